The minimum absolute atomic E-state index is 0.416. The summed E-state index contributed by atoms with van der Waals surface area (Å²) in [7, 11) is 2.09. The van der Waals surface area contributed by atoms with Gasteiger partial charge in [0.05, 0.1) is 11.8 Å². The van der Waals surface area contributed by atoms with Crippen LogP contribution in [0.15, 0.2) is 22.7 Å². The average molecular weight is 286 g/mol. The fourth-order valence-electron chi connectivity index (χ4n) is 1.74. The van der Waals surface area contributed by atoms with Gasteiger partial charge in [0.1, 0.15) is 0 Å². The molecule has 1 aromatic carbocycles. The number of anilines is 1. The van der Waals surface area contributed by atoms with Gasteiger partial charge < -0.3 is 10.0 Å². The summed E-state index contributed by atoms with van der Waals surface area (Å²) in [5.41, 5.74) is 2.10. The van der Waals surface area contributed by atoms with Crippen LogP contribution in [0.25, 0.3) is 0 Å². The number of hydrogen-bond donors (Lipinski definition) is 1. The third kappa shape index (κ3) is 3.49. The van der Waals surface area contributed by atoms with Gasteiger partial charge in [-0.3, -0.25) is 0 Å². The highest BCUT2D eigenvalue weighted by Gasteiger charge is 2.09. The van der Waals surface area contributed by atoms with Gasteiger partial charge in [0.25, 0.3) is 0 Å². The Kier molecular flexibility index (Phi) is 4.81. The van der Waals surface area contributed by atoms with E-state index in [4.69, 9.17) is 0 Å². The van der Waals surface area contributed by atoms with Crippen LogP contribution in [0.1, 0.15) is 32.4 Å². The molecule has 0 aliphatic heterocycles. The van der Waals surface area contributed by atoms with Gasteiger partial charge >= 0.3 is 0 Å². The Bertz CT molecular complexity index is 350. The van der Waals surface area contributed by atoms with Crippen molar-refractivity contribution in [1.29, 1.82) is 0 Å². The lowest BCUT2D eigenvalue weighted by Crippen LogP contribution is -2.22. The monoisotopic (exact) mass is 285 g/mol. The third-order valence-electron chi connectivity index (χ3n) is 2.50. The Morgan fingerprint density at radius 1 is 1.31 bits per heavy atom. The molecule has 0 amide bonds. The van der Waals surface area contributed by atoms with E-state index in [9.17, 15) is 5.11 Å². The van der Waals surface area contributed by atoms with Gasteiger partial charge in [-0.15, -0.1) is 0 Å². The maximum absolute atomic E-state index is 9.49. The maximum atomic E-state index is 9.49. The molecule has 1 rings (SSSR count). The van der Waals surface area contributed by atoms with Crippen LogP contribution in [0.3, 0.4) is 0 Å². The zero-order valence-electron chi connectivity index (χ0n) is 10.4. The fraction of sp³-hybridized carbons (Fsp3) is 0.538. The summed E-state index contributed by atoms with van der Waals surface area (Å²) < 4.78 is 1.04. The quantitative estimate of drug-likeness (QED) is 0.914. The molecule has 0 fully saturated rings. The second kappa shape index (κ2) is 5.69. The smallest absolute Gasteiger partial charge is 0.0762 e. The van der Waals surface area contributed by atoms with E-state index in [1.54, 1.807) is 6.92 Å². The largest absolute Gasteiger partial charge is 0.389 e. The lowest BCUT2D eigenvalue weighted by molar-refractivity contribution is 0.199. The Labute approximate surface area is 106 Å². The van der Waals surface area contributed by atoms with Crippen molar-refractivity contribution < 1.29 is 5.11 Å². The minimum atomic E-state index is -0.416. The Morgan fingerprint density at radius 2 is 1.94 bits per heavy atom. The predicted molar refractivity (Wildman–Crippen MR) is 72.9 cm³/mol. The van der Waals surface area contributed by atoms with Crippen LogP contribution in [-0.4, -0.2) is 18.7 Å². The summed E-state index contributed by atoms with van der Waals surface area (Å²) in [5.74, 6) is 0.633. The van der Waals surface area contributed by atoms with Crippen LogP contribution < -0.4 is 4.90 Å². The number of rotatable bonds is 4. The summed E-state index contributed by atoms with van der Waals surface area (Å²) in [5, 5.41) is 9.49. The highest BCUT2D eigenvalue weighted by Crippen LogP contribution is 2.29. The van der Waals surface area contributed by atoms with E-state index in [0.717, 1.165) is 22.3 Å². The molecule has 90 valence electrons. The molecule has 0 aliphatic carbocycles. The van der Waals surface area contributed by atoms with Crippen molar-refractivity contribution in [3.63, 3.8) is 0 Å². The number of benzene rings is 1. The maximum Gasteiger partial charge on any atom is 0.0762 e. The first-order valence-electron chi connectivity index (χ1n) is 5.60. The number of nitrogens with zero attached hydrogens (tertiary/aromatic N) is 1. The van der Waals surface area contributed by atoms with Crippen LogP contribution in [0, 0.1) is 5.92 Å². The van der Waals surface area contributed by atoms with E-state index in [1.807, 2.05) is 12.1 Å². The van der Waals surface area contributed by atoms with Crippen LogP contribution in [0.4, 0.5) is 5.69 Å². The first kappa shape index (κ1) is 13.5. The Hall–Kier alpha value is -0.540. The summed E-state index contributed by atoms with van der Waals surface area (Å²) in [6, 6.07) is 6.01. The van der Waals surface area contributed by atoms with Crippen LogP contribution in [-0.2, 0) is 0 Å². The van der Waals surface area contributed by atoms with E-state index >= 15 is 0 Å². The molecule has 16 heavy (non-hydrogen) atoms. The van der Waals surface area contributed by atoms with Crippen molar-refractivity contribution >= 4 is 21.6 Å². The number of halogens is 1. The molecule has 0 saturated heterocycles. The van der Waals surface area contributed by atoms with Gasteiger partial charge in [-0.2, -0.15) is 0 Å². The molecule has 0 heterocycles. The van der Waals surface area contributed by atoms with Crippen molar-refractivity contribution in [3.8, 4) is 0 Å². The molecule has 1 unspecified atom stereocenters. The first-order chi connectivity index (χ1) is 7.41. The summed E-state index contributed by atoms with van der Waals surface area (Å²) in [6.07, 6.45) is -0.416. The van der Waals surface area contributed by atoms with Crippen molar-refractivity contribution in [3.05, 3.63) is 28.2 Å². The van der Waals surface area contributed by atoms with E-state index in [2.05, 4.69) is 47.8 Å². The standard InChI is InChI=1S/C13H20BrNO/c1-9(2)8-15(4)13-6-5-11(10(3)16)7-12(13)14/h5-7,9-10,16H,8H2,1-4H3. The SMILES string of the molecule is CC(C)CN(C)c1ccc(C(C)O)cc1Br. The second-order valence-corrected chi connectivity index (χ2v) is 5.52. The lowest BCUT2D eigenvalue weighted by Gasteiger charge is -2.23. The molecule has 0 saturated carbocycles. The molecular weight excluding hydrogens is 266 g/mol. The zero-order valence-corrected chi connectivity index (χ0v) is 12.0. The molecule has 0 radical (unpaired) electrons. The molecule has 1 atom stereocenters. The van der Waals surface area contributed by atoms with Crippen molar-refractivity contribution in [2.75, 3.05) is 18.5 Å². The van der Waals surface area contributed by atoms with Crippen LogP contribution in [0.5, 0.6) is 0 Å². The van der Waals surface area contributed by atoms with Gasteiger partial charge in [-0.1, -0.05) is 19.9 Å². The topological polar surface area (TPSA) is 23.5 Å². The summed E-state index contributed by atoms with van der Waals surface area (Å²) in [4.78, 5) is 2.22. The Morgan fingerprint density at radius 3 is 2.38 bits per heavy atom. The minimum Gasteiger partial charge on any atom is -0.389 e. The molecule has 0 spiro atoms. The third-order valence-corrected chi connectivity index (χ3v) is 3.14. The molecule has 2 nitrogen and oxygen atoms in total. The van der Waals surface area contributed by atoms with E-state index in [0.29, 0.717) is 5.92 Å². The van der Waals surface area contributed by atoms with Crippen LogP contribution in [0.2, 0.25) is 0 Å². The van der Waals surface area contributed by atoms with Gasteiger partial charge in [0.15, 0.2) is 0 Å². The average Bonchev–Trinajstić information content (AvgIpc) is 2.15. The van der Waals surface area contributed by atoms with Crippen molar-refractivity contribution in [2.24, 2.45) is 5.92 Å². The van der Waals surface area contributed by atoms with Gasteiger partial charge in [-0.25, -0.2) is 0 Å². The van der Waals surface area contributed by atoms with Gasteiger partial charge in [0, 0.05) is 18.1 Å². The Balaban J connectivity index is 2.90. The van der Waals surface area contributed by atoms with Crippen molar-refractivity contribution in [2.45, 2.75) is 26.9 Å². The van der Waals surface area contributed by atoms with Crippen molar-refractivity contribution in [1.82, 2.24) is 0 Å². The number of hydrogen-bond acceptors (Lipinski definition) is 2. The molecule has 0 bridgehead atoms. The highest BCUT2D eigenvalue weighted by atomic mass is 79.9. The highest BCUT2D eigenvalue weighted by molar-refractivity contribution is 9.10. The molecule has 1 aromatic rings. The van der Waals surface area contributed by atoms with Gasteiger partial charge in [-0.05, 0) is 46.5 Å². The number of aliphatic hydroxyl groups excluding tert-OH is 1. The van der Waals surface area contributed by atoms with E-state index in [-0.39, 0.29) is 0 Å². The molecule has 1 N–H and O–H groups in total. The fourth-order valence-corrected chi connectivity index (χ4v) is 2.44. The van der Waals surface area contributed by atoms with E-state index < -0.39 is 6.10 Å². The van der Waals surface area contributed by atoms with E-state index in [1.165, 1.54) is 0 Å². The summed E-state index contributed by atoms with van der Waals surface area (Å²) >= 11 is 3.55. The van der Waals surface area contributed by atoms with Crippen LogP contribution >= 0.6 is 15.9 Å². The summed E-state index contributed by atoms with van der Waals surface area (Å²) in [6.45, 7) is 7.20. The lowest BCUT2D eigenvalue weighted by atomic mass is 10.1. The normalized spacial score (nSPS) is 12.9. The number of aliphatic hydroxyl groups is 1. The molecule has 0 aromatic heterocycles. The van der Waals surface area contributed by atoms with Gasteiger partial charge in [0.2, 0.25) is 0 Å². The molecular formula is C13H20BrNO. The second-order valence-electron chi connectivity index (χ2n) is 4.66. The predicted octanol–water partition coefficient (Wildman–Crippen LogP) is 3.59. The molecule has 0 aliphatic rings. The zero-order chi connectivity index (χ0) is 12.3. The first-order valence-corrected chi connectivity index (χ1v) is 6.39. The molecule has 3 heteroatoms.